The average Bonchev–Trinajstić information content (AvgIpc) is 2.59. The lowest BCUT2D eigenvalue weighted by molar-refractivity contribution is -0.141. The molecule has 0 aromatic heterocycles. The van der Waals surface area contributed by atoms with E-state index in [0.717, 1.165) is 0 Å². The van der Waals surface area contributed by atoms with E-state index in [-0.39, 0.29) is 23.8 Å². The third-order valence-electron chi connectivity index (χ3n) is 3.12. The molecular formula is C11H14N2O3. The maximum absolute atomic E-state index is 11.4. The topological polar surface area (TPSA) is 57.7 Å². The number of hydrogen-bond acceptors (Lipinski definition) is 3. The Labute approximate surface area is 93.7 Å². The lowest BCUT2D eigenvalue weighted by Gasteiger charge is -2.35. The van der Waals surface area contributed by atoms with Crippen LogP contribution in [0.5, 0.6) is 0 Å². The van der Waals surface area contributed by atoms with Gasteiger partial charge in [0, 0.05) is 38.2 Å². The van der Waals surface area contributed by atoms with Crippen LogP contribution in [0.3, 0.4) is 0 Å². The molecule has 0 aliphatic carbocycles. The minimum atomic E-state index is -0.230. The molecule has 0 saturated carbocycles. The number of hydrogen-bond donors (Lipinski definition) is 0. The highest BCUT2D eigenvalue weighted by atomic mass is 16.2. The third-order valence-corrected chi connectivity index (χ3v) is 3.12. The van der Waals surface area contributed by atoms with Gasteiger partial charge in [-0.1, -0.05) is 0 Å². The zero-order chi connectivity index (χ0) is 11.7. The predicted molar refractivity (Wildman–Crippen MR) is 56.3 cm³/mol. The van der Waals surface area contributed by atoms with E-state index in [4.69, 9.17) is 0 Å². The summed E-state index contributed by atoms with van der Waals surface area (Å²) in [4.78, 5) is 37.0. The van der Waals surface area contributed by atoms with E-state index in [9.17, 15) is 14.4 Å². The van der Waals surface area contributed by atoms with Crippen LogP contribution in [0.25, 0.3) is 0 Å². The van der Waals surface area contributed by atoms with Gasteiger partial charge in [0.2, 0.25) is 5.91 Å². The van der Waals surface area contributed by atoms with E-state index in [1.165, 1.54) is 24.0 Å². The van der Waals surface area contributed by atoms with Gasteiger partial charge in [-0.15, -0.1) is 0 Å². The number of imide groups is 1. The monoisotopic (exact) mass is 222 g/mol. The highest BCUT2D eigenvalue weighted by Crippen LogP contribution is 2.20. The van der Waals surface area contributed by atoms with E-state index in [1.54, 1.807) is 4.90 Å². The van der Waals surface area contributed by atoms with Crippen LogP contribution >= 0.6 is 0 Å². The maximum Gasteiger partial charge on any atom is 0.253 e. The summed E-state index contributed by atoms with van der Waals surface area (Å²) in [6.07, 6.45) is 3.97. The van der Waals surface area contributed by atoms with Crippen LogP contribution < -0.4 is 0 Å². The summed E-state index contributed by atoms with van der Waals surface area (Å²) in [5.74, 6) is -0.409. The fourth-order valence-electron chi connectivity index (χ4n) is 2.21. The van der Waals surface area contributed by atoms with Gasteiger partial charge in [0.15, 0.2) is 0 Å². The first-order valence-corrected chi connectivity index (χ1v) is 5.40. The second kappa shape index (κ2) is 4.08. The lowest BCUT2D eigenvalue weighted by Crippen LogP contribution is -2.48. The van der Waals surface area contributed by atoms with Crippen LogP contribution in [-0.4, -0.2) is 46.7 Å². The van der Waals surface area contributed by atoms with Crippen molar-refractivity contribution in [2.75, 3.05) is 13.1 Å². The van der Waals surface area contributed by atoms with Gasteiger partial charge >= 0.3 is 0 Å². The Kier molecular flexibility index (Phi) is 2.77. The van der Waals surface area contributed by atoms with Gasteiger partial charge in [0.25, 0.3) is 11.8 Å². The fraction of sp³-hybridized carbons (Fsp3) is 0.545. The van der Waals surface area contributed by atoms with E-state index in [0.29, 0.717) is 25.9 Å². The predicted octanol–water partition coefficient (Wildman–Crippen LogP) is -0.0777. The van der Waals surface area contributed by atoms with Crippen LogP contribution in [0.1, 0.15) is 19.8 Å². The van der Waals surface area contributed by atoms with Gasteiger partial charge in [-0.3, -0.25) is 19.3 Å². The third kappa shape index (κ3) is 1.85. The van der Waals surface area contributed by atoms with Crippen LogP contribution in [-0.2, 0) is 14.4 Å². The van der Waals surface area contributed by atoms with Crippen molar-refractivity contribution in [2.24, 2.45) is 0 Å². The van der Waals surface area contributed by atoms with Crippen LogP contribution in [0.4, 0.5) is 0 Å². The first-order chi connectivity index (χ1) is 7.59. The van der Waals surface area contributed by atoms with E-state index in [1.807, 2.05) is 0 Å². The summed E-state index contributed by atoms with van der Waals surface area (Å²) in [6, 6.07) is -0.0504. The zero-order valence-corrected chi connectivity index (χ0v) is 9.18. The minimum absolute atomic E-state index is 0.0504. The van der Waals surface area contributed by atoms with Crippen molar-refractivity contribution >= 4 is 17.7 Å². The van der Waals surface area contributed by atoms with Crippen molar-refractivity contribution < 1.29 is 14.4 Å². The Balaban J connectivity index is 1.97. The van der Waals surface area contributed by atoms with Crippen molar-refractivity contribution in [3.8, 4) is 0 Å². The quantitative estimate of drug-likeness (QED) is 0.583. The summed E-state index contributed by atoms with van der Waals surface area (Å²) in [6.45, 7) is 2.78. The molecule has 0 spiro atoms. The molecule has 2 aliphatic rings. The Hall–Kier alpha value is -1.65. The van der Waals surface area contributed by atoms with E-state index >= 15 is 0 Å². The SMILES string of the molecule is CC(=O)N1CCC(N2C(=O)C=CC2=O)CC1. The van der Waals surface area contributed by atoms with Gasteiger partial charge in [-0.05, 0) is 12.8 Å². The number of carbonyl (C=O) groups is 3. The molecule has 16 heavy (non-hydrogen) atoms. The van der Waals surface area contributed by atoms with Gasteiger partial charge in [-0.25, -0.2) is 0 Å². The molecule has 2 heterocycles. The van der Waals surface area contributed by atoms with Crippen molar-refractivity contribution in [1.29, 1.82) is 0 Å². The van der Waals surface area contributed by atoms with Gasteiger partial charge in [0.05, 0.1) is 0 Å². The van der Waals surface area contributed by atoms with Crippen LogP contribution in [0.2, 0.25) is 0 Å². The van der Waals surface area contributed by atoms with Gasteiger partial charge < -0.3 is 4.90 Å². The molecule has 1 fully saturated rings. The summed E-state index contributed by atoms with van der Waals surface area (Å²) in [7, 11) is 0. The first-order valence-electron chi connectivity index (χ1n) is 5.40. The molecule has 0 aromatic rings. The molecule has 2 aliphatic heterocycles. The van der Waals surface area contributed by atoms with Crippen molar-refractivity contribution in [2.45, 2.75) is 25.8 Å². The summed E-state index contributed by atoms with van der Waals surface area (Å²) >= 11 is 0. The highest BCUT2D eigenvalue weighted by Gasteiger charge is 2.33. The second-order valence-corrected chi connectivity index (χ2v) is 4.12. The van der Waals surface area contributed by atoms with Crippen molar-refractivity contribution in [1.82, 2.24) is 9.80 Å². The molecule has 0 N–H and O–H groups in total. The van der Waals surface area contributed by atoms with Gasteiger partial charge in [0.1, 0.15) is 0 Å². The number of nitrogens with zero attached hydrogens (tertiary/aromatic N) is 2. The smallest absolute Gasteiger partial charge is 0.253 e. The number of carbonyl (C=O) groups excluding carboxylic acids is 3. The molecular weight excluding hydrogens is 208 g/mol. The lowest BCUT2D eigenvalue weighted by atomic mass is 10.0. The first kappa shape index (κ1) is 10.9. The normalized spacial score (nSPS) is 22.1. The molecule has 0 aromatic carbocycles. The largest absolute Gasteiger partial charge is 0.343 e. The van der Waals surface area contributed by atoms with Crippen LogP contribution in [0.15, 0.2) is 12.2 Å². The number of likely N-dealkylation sites (tertiary alicyclic amines) is 1. The van der Waals surface area contributed by atoms with Gasteiger partial charge in [-0.2, -0.15) is 0 Å². The Morgan fingerprint density at radius 2 is 1.69 bits per heavy atom. The fourth-order valence-corrected chi connectivity index (χ4v) is 2.21. The molecule has 0 unspecified atom stereocenters. The highest BCUT2D eigenvalue weighted by molar-refractivity contribution is 6.13. The molecule has 0 radical (unpaired) electrons. The van der Waals surface area contributed by atoms with Crippen molar-refractivity contribution in [3.63, 3.8) is 0 Å². The Morgan fingerprint density at radius 3 is 2.12 bits per heavy atom. The molecule has 5 heteroatoms. The molecule has 0 bridgehead atoms. The molecule has 0 atom stereocenters. The summed E-state index contributed by atoms with van der Waals surface area (Å²) in [5, 5.41) is 0. The summed E-state index contributed by atoms with van der Waals surface area (Å²) < 4.78 is 0. The molecule has 5 nitrogen and oxygen atoms in total. The number of rotatable bonds is 1. The number of piperidine rings is 1. The average molecular weight is 222 g/mol. The maximum atomic E-state index is 11.4. The molecule has 3 amide bonds. The molecule has 86 valence electrons. The second-order valence-electron chi connectivity index (χ2n) is 4.12. The van der Waals surface area contributed by atoms with Crippen molar-refractivity contribution in [3.05, 3.63) is 12.2 Å². The minimum Gasteiger partial charge on any atom is -0.343 e. The van der Waals surface area contributed by atoms with E-state index in [2.05, 4.69) is 0 Å². The zero-order valence-electron chi connectivity index (χ0n) is 9.18. The van der Waals surface area contributed by atoms with Crippen LogP contribution in [0, 0.1) is 0 Å². The standard InChI is InChI=1S/C11H14N2O3/c1-8(14)12-6-4-9(5-7-12)13-10(15)2-3-11(13)16/h2-3,9H,4-7H2,1H3. The summed E-state index contributed by atoms with van der Waals surface area (Å²) in [5.41, 5.74) is 0. The molecule has 2 rings (SSSR count). The molecule has 1 saturated heterocycles. The Bertz CT molecular complexity index is 349. The van der Waals surface area contributed by atoms with E-state index < -0.39 is 0 Å². The number of amides is 3. The Morgan fingerprint density at radius 1 is 1.19 bits per heavy atom.